The van der Waals surface area contributed by atoms with Crippen LogP contribution >= 0.6 is 0 Å². The smallest absolute Gasteiger partial charge is 0.118 e. The highest BCUT2D eigenvalue weighted by atomic mass is 16.5. The molecule has 20 heavy (non-hydrogen) atoms. The van der Waals surface area contributed by atoms with Crippen LogP contribution in [0.25, 0.3) is 0 Å². The van der Waals surface area contributed by atoms with Crippen LogP contribution in [0.3, 0.4) is 0 Å². The van der Waals surface area contributed by atoms with Crippen LogP contribution in [0.15, 0.2) is 24.3 Å². The zero-order valence-electron chi connectivity index (χ0n) is 13.0. The van der Waals surface area contributed by atoms with E-state index in [-0.39, 0.29) is 11.5 Å². The van der Waals surface area contributed by atoms with Crippen molar-refractivity contribution in [2.75, 3.05) is 7.11 Å². The van der Waals surface area contributed by atoms with Gasteiger partial charge in [0, 0.05) is 17.5 Å². The van der Waals surface area contributed by atoms with Gasteiger partial charge in [-0.15, -0.1) is 0 Å². The second-order valence-electron chi connectivity index (χ2n) is 6.58. The Morgan fingerprint density at radius 3 is 2.50 bits per heavy atom. The molecule has 1 aromatic rings. The lowest BCUT2D eigenvalue weighted by Crippen LogP contribution is -2.61. The first kappa shape index (κ1) is 15.3. The molecule has 1 saturated carbocycles. The van der Waals surface area contributed by atoms with E-state index in [2.05, 4.69) is 38.2 Å². The van der Waals surface area contributed by atoms with Crippen LogP contribution in [-0.2, 0) is 6.42 Å². The monoisotopic (exact) mass is 277 g/mol. The van der Waals surface area contributed by atoms with Crippen LogP contribution in [0.2, 0.25) is 0 Å². The number of ether oxygens (including phenoxy) is 1. The number of benzene rings is 1. The summed E-state index contributed by atoms with van der Waals surface area (Å²) in [5.74, 6) is 0.908. The van der Waals surface area contributed by atoms with Gasteiger partial charge in [0.25, 0.3) is 0 Å². The van der Waals surface area contributed by atoms with Gasteiger partial charge in [0.2, 0.25) is 0 Å². The fraction of sp³-hybridized carbons (Fsp3) is 0.647. The first-order chi connectivity index (χ1) is 9.43. The van der Waals surface area contributed by atoms with E-state index in [0.29, 0.717) is 12.1 Å². The topological polar surface area (TPSA) is 41.5 Å². The number of hydrogen-bond donors (Lipinski definition) is 2. The molecule has 112 valence electrons. The lowest BCUT2D eigenvalue weighted by molar-refractivity contribution is -0.0755. The van der Waals surface area contributed by atoms with Gasteiger partial charge in [0.1, 0.15) is 5.75 Å². The van der Waals surface area contributed by atoms with Crippen LogP contribution in [-0.4, -0.2) is 30.4 Å². The molecule has 3 unspecified atom stereocenters. The van der Waals surface area contributed by atoms with Crippen LogP contribution < -0.4 is 10.1 Å². The first-order valence-electron chi connectivity index (χ1n) is 7.50. The molecule has 1 fully saturated rings. The van der Waals surface area contributed by atoms with Gasteiger partial charge in [0.05, 0.1) is 13.2 Å². The van der Waals surface area contributed by atoms with Gasteiger partial charge in [-0.25, -0.2) is 0 Å². The maximum Gasteiger partial charge on any atom is 0.118 e. The zero-order chi connectivity index (χ0) is 14.8. The molecular weight excluding hydrogens is 250 g/mol. The third-order valence-electron chi connectivity index (χ3n) is 4.73. The summed E-state index contributed by atoms with van der Waals surface area (Å²) in [6.45, 7) is 6.49. The van der Waals surface area contributed by atoms with Crippen molar-refractivity contribution >= 4 is 0 Å². The Morgan fingerprint density at radius 1 is 1.35 bits per heavy atom. The SMILES string of the molecule is COc1ccc(CCC(C)NC2CC(O)C2(C)C)cc1. The van der Waals surface area contributed by atoms with Crippen molar-refractivity contribution in [1.29, 1.82) is 0 Å². The van der Waals surface area contributed by atoms with Gasteiger partial charge >= 0.3 is 0 Å². The highest BCUT2D eigenvalue weighted by Crippen LogP contribution is 2.40. The molecule has 3 nitrogen and oxygen atoms in total. The third-order valence-corrected chi connectivity index (χ3v) is 4.73. The van der Waals surface area contributed by atoms with Gasteiger partial charge in [0.15, 0.2) is 0 Å². The molecule has 2 rings (SSSR count). The molecule has 1 aromatic carbocycles. The largest absolute Gasteiger partial charge is 0.497 e. The summed E-state index contributed by atoms with van der Waals surface area (Å²) in [5, 5.41) is 13.4. The van der Waals surface area contributed by atoms with Crippen molar-refractivity contribution in [2.24, 2.45) is 5.41 Å². The molecule has 1 aliphatic rings. The highest BCUT2D eigenvalue weighted by molar-refractivity contribution is 5.27. The van der Waals surface area contributed by atoms with Crippen molar-refractivity contribution < 1.29 is 9.84 Å². The summed E-state index contributed by atoms with van der Waals surface area (Å²) < 4.78 is 5.17. The Hall–Kier alpha value is -1.06. The second kappa shape index (κ2) is 6.15. The Bertz CT molecular complexity index is 427. The molecule has 0 bridgehead atoms. The number of aliphatic hydroxyl groups excluding tert-OH is 1. The molecule has 3 heteroatoms. The molecule has 0 aromatic heterocycles. The van der Waals surface area contributed by atoms with Crippen molar-refractivity contribution in [1.82, 2.24) is 5.32 Å². The van der Waals surface area contributed by atoms with Crippen LogP contribution in [0, 0.1) is 5.41 Å². The van der Waals surface area contributed by atoms with Crippen molar-refractivity contribution in [3.05, 3.63) is 29.8 Å². The molecule has 3 atom stereocenters. The minimum absolute atomic E-state index is 0.00831. The summed E-state index contributed by atoms with van der Waals surface area (Å²) in [6.07, 6.45) is 2.89. The third kappa shape index (κ3) is 3.33. The lowest BCUT2D eigenvalue weighted by Gasteiger charge is -2.50. The molecule has 0 heterocycles. The number of aliphatic hydroxyl groups is 1. The van der Waals surface area contributed by atoms with Crippen molar-refractivity contribution in [3.63, 3.8) is 0 Å². The minimum atomic E-state index is -0.159. The standard InChI is InChI=1S/C17H27NO2/c1-12(18-15-11-16(19)17(15,2)3)5-6-13-7-9-14(20-4)10-8-13/h7-10,12,15-16,18-19H,5-6,11H2,1-4H3. The Morgan fingerprint density at radius 2 is 2.00 bits per heavy atom. The summed E-state index contributed by atoms with van der Waals surface area (Å²) in [7, 11) is 1.69. The maximum absolute atomic E-state index is 9.76. The highest BCUT2D eigenvalue weighted by Gasteiger charge is 2.47. The molecular formula is C17H27NO2. The molecule has 0 amide bonds. The number of aryl methyl sites for hydroxylation is 1. The van der Waals surface area contributed by atoms with E-state index in [0.717, 1.165) is 25.0 Å². The maximum atomic E-state index is 9.76. The molecule has 0 aliphatic heterocycles. The molecule has 2 N–H and O–H groups in total. The van der Waals surface area contributed by atoms with E-state index >= 15 is 0 Å². The van der Waals surface area contributed by atoms with E-state index < -0.39 is 0 Å². The number of hydrogen-bond acceptors (Lipinski definition) is 3. The predicted molar refractivity (Wildman–Crippen MR) is 82.1 cm³/mol. The normalized spacial score (nSPS) is 25.9. The summed E-state index contributed by atoms with van der Waals surface area (Å²) in [4.78, 5) is 0. The van der Waals surface area contributed by atoms with Crippen LogP contribution in [0.5, 0.6) is 5.75 Å². The van der Waals surface area contributed by atoms with Crippen LogP contribution in [0.1, 0.15) is 39.2 Å². The zero-order valence-corrected chi connectivity index (χ0v) is 13.0. The van der Waals surface area contributed by atoms with E-state index in [1.54, 1.807) is 7.11 Å². The molecule has 1 aliphatic carbocycles. The lowest BCUT2D eigenvalue weighted by atomic mass is 9.64. The fourth-order valence-corrected chi connectivity index (χ4v) is 2.79. The van der Waals surface area contributed by atoms with Gasteiger partial charge in [-0.2, -0.15) is 0 Å². The van der Waals surface area contributed by atoms with E-state index in [4.69, 9.17) is 4.74 Å². The van der Waals surface area contributed by atoms with E-state index in [1.807, 2.05) is 12.1 Å². The summed E-state index contributed by atoms with van der Waals surface area (Å²) in [5.41, 5.74) is 1.35. The fourth-order valence-electron chi connectivity index (χ4n) is 2.79. The van der Waals surface area contributed by atoms with Crippen molar-refractivity contribution in [3.8, 4) is 5.75 Å². The predicted octanol–water partition coefficient (Wildman–Crippen LogP) is 2.77. The summed E-state index contributed by atoms with van der Waals surface area (Å²) >= 11 is 0. The molecule has 0 saturated heterocycles. The van der Waals surface area contributed by atoms with E-state index in [1.165, 1.54) is 5.56 Å². The summed E-state index contributed by atoms with van der Waals surface area (Å²) in [6, 6.07) is 9.18. The Labute approximate surface area is 122 Å². The Balaban J connectivity index is 1.76. The van der Waals surface area contributed by atoms with Crippen LogP contribution in [0.4, 0.5) is 0 Å². The second-order valence-corrected chi connectivity index (χ2v) is 6.58. The van der Waals surface area contributed by atoms with Crippen molar-refractivity contribution in [2.45, 2.75) is 58.2 Å². The average molecular weight is 277 g/mol. The minimum Gasteiger partial charge on any atom is -0.497 e. The van der Waals surface area contributed by atoms with Gasteiger partial charge in [-0.1, -0.05) is 26.0 Å². The number of nitrogens with one attached hydrogen (secondary N) is 1. The Kier molecular flexibility index (Phi) is 4.71. The molecule has 0 radical (unpaired) electrons. The average Bonchev–Trinajstić information content (AvgIpc) is 2.45. The van der Waals surface area contributed by atoms with Gasteiger partial charge < -0.3 is 15.2 Å². The first-order valence-corrected chi connectivity index (χ1v) is 7.50. The number of rotatable bonds is 6. The quantitative estimate of drug-likeness (QED) is 0.840. The number of methoxy groups -OCH3 is 1. The van der Waals surface area contributed by atoms with Gasteiger partial charge in [-0.3, -0.25) is 0 Å². The van der Waals surface area contributed by atoms with Gasteiger partial charge in [-0.05, 0) is 43.9 Å². The van der Waals surface area contributed by atoms with E-state index in [9.17, 15) is 5.11 Å². The molecule has 0 spiro atoms.